The van der Waals surface area contributed by atoms with Crippen LogP contribution in [0.3, 0.4) is 0 Å². The van der Waals surface area contributed by atoms with Gasteiger partial charge in [0.1, 0.15) is 10.4 Å². The molecule has 0 unspecified atom stereocenters. The van der Waals surface area contributed by atoms with Crippen molar-refractivity contribution >= 4 is 21.6 Å². The van der Waals surface area contributed by atoms with E-state index in [1.54, 1.807) is 18.2 Å². The molecule has 0 aliphatic rings. The minimum Gasteiger partial charge on any atom is -0.497 e. The highest BCUT2D eigenvalue weighted by Crippen LogP contribution is 2.34. The van der Waals surface area contributed by atoms with Crippen LogP contribution >= 0.6 is 15.9 Å². The number of methoxy groups -OCH3 is 1. The summed E-state index contributed by atoms with van der Waals surface area (Å²) >= 11 is 3.20. The van der Waals surface area contributed by atoms with Crippen LogP contribution in [0.5, 0.6) is 17.4 Å². The van der Waals surface area contributed by atoms with Crippen molar-refractivity contribution in [1.29, 1.82) is 0 Å². The van der Waals surface area contributed by atoms with Crippen molar-refractivity contribution < 1.29 is 14.4 Å². The second kappa shape index (κ2) is 5.66. The first-order valence-corrected chi connectivity index (χ1v) is 6.02. The third-order valence-corrected chi connectivity index (χ3v) is 2.71. The largest absolute Gasteiger partial charge is 0.497 e. The Labute approximate surface area is 117 Å². The zero-order valence-electron chi connectivity index (χ0n) is 9.87. The van der Waals surface area contributed by atoms with E-state index in [0.29, 0.717) is 10.4 Å². The number of rotatable bonds is 4. The van der Waals surface area contributed by atoms with E-state index in [-0.39, 0.29) is 17.3 Å². The van der Waals surface area contributed by atoms with Crippen LogP contribution in [0.1, 0.15) is 0 Å². The zero-order chi connectivity index (χ0) is 13.8. The van der Waals surface area contributed by atoms with Crippen molar-refractivity contribution in [3.05, 3.63) is 51.1 Å². The molecule has 1 aromatic carbocycles. The van der Waals surface area contributed by atoms with Gasteiger partial charge in [0, 0.05) is 18.2 Å². The molecule has 0 aliphatic heterocycles. The predicted molar refractivity (Wildman–Crippen MR) is 71.7 cm³/mol. The van der Waals surface area contributed by atoms with Gasteiger partial charge in [-0.3, -0.25) is 10.1 Å². The average molecular weight is 325 g/mol. The minimum atomic E-state index is -0.521. The Balaban J connectivity index is 2.39. The lowest BCUT2D eigenvalue weighted by Crippen LogP contribution is -1.95. The Kier molecular flexibility index (Phi) is 3.96. The Hall–Kier alpha value is -2.15. The number of nitro groups is 1. The van der Waals surface area contributed by atoms with Crippen molar-refractivity contribution in [2.24, 2.45) is 0 Å². The van der Waals surface area contributed by atoms with Crippen LogP contribution in [0.15, 0.2) is 41.0 Å². The van der Waals surface area contributed by atoms with Gasteiger partial charge in [0.05, 0.1) is 12.0 Å². The van der Waals surface area contributed by atoms with Crippen LogP contribution in [-0.2, 0) is 0 Å². The quantitative estimate of drug-likeness (QED) is 0.488. The Morgan fingerprint density at radius 2 is 2.11 bits per heavy atom. The van der Waals surface area contributed by atoms with Gasteiger partial charge < -0.3 is 9.47 Å². The van der Waals surface area contributed by atoms with Gasteiger partial charge in [0.2, 0.25) is 11.6 Å². The van der Waals surface area contributed by atoms with Crippen LogP contribution in [0.4, 0.5) is 5.69 Å². The van der Waals surface area contributed by atoms with Crippen LogP contribution in [0.2, 0.25) is 0 Å². The van der Waals surface area contributed by atoms with E-state index in [9.17, 15) is 10.1 Å². The minimum absolute atomic E-state index is 0.0787. The number of pyridine rings is 1. The van der Waals surface area contributed by atoms with Gasteiger partial charge in [-0.05, 0) is 28.1 Å². The summed E-state index contributed by atoms with van der Waals surface area (Å²) in [4.78, 5) is 14.5. The summed E-state index contributed by atoms with van der Waals surface area (Å²) in [5, 5.41) is 10.9. The molecule has 0 amide bonds. The first-order valence-electron chi connectivity index (χ1n) is 5.23. The number of ether oxygens (including phenoxy) is 2. The Bertz CT molecular complexity index is 618. The van der Waals surface area contributed by atoms with Gasteiger partial charge in [-0.2, -0.15) is 0 Å². The van der Waals surface area contributed by atoms with Gasteiger partial charge in [0.15, 0.2) is 0 Å². The first kappa shape index (κ1) is 13.3. The van der Waals surface area contributed by atoms with E-state index in [4.69, 9.17) is 9.47 Å². The maximum absolute atomic E-state index is 10.9. The van der Waals surface area contributed by atoms with Crippen molar-refractivity contribution in [2.45, 2.75) is 0 Å². The van der Waals surface area contributed by atoms with E-state index in [2.05, 4.69) is 20.9 Å². The molecule has 98 valence electrons. The fourth-order valence-corrected chi connectivity index (χ4v) is 1.74. The SMILES string of the molecule is COc1ccc([N+](=O)[O-])c(Oc2cccc(Br)n2)c1. The van der Waals surface area contributed by atoms with Crippen LogP contribution in [0.25, 0.3) is 0 Å². The summed E-state index contributed by atoms with van der Waals surface area (Å²) in [6.45, 7) is 0. The lowest BCUT2D eigenvalue weighted by Gasteiger charge is -2.07. The molecule has 0 radical (unpaired) electrons. The zero-order valence-corrected chi connectivity index (χ0v) is 11.5. The van der Waals surface area contributed by atoms with Gasteiger partial charge >= 0.3 is 5.69 Å². The highest BCUT2D eigenvalue weighted by atomic mass is 79.9. The second-order valence-electron chi connectivity index (χ2n) is 3.49. The smallest absolute Gasteiger partial charge is 0.311 e. The molecule has 1 aromatic heterocycles. The van der Waals surface area contributed by atoms with Crippen LogP contribution in [0, 0.1) is 10.1 Å². The summed E-state index contributed by atoms with van der Waals surface area (Å²) in [5.74, 6) is 0.802. The normalized spacial score (nSPS) is 10.0. The molecule has 0 bridgehead atoms. The lowest BCUT2D eigenvalue weighted by molar-refractivity contribution is -0.385. The molecule has 2 rings (SSSR count). The first-order chi connectivity index (χ1) is 9.10. The third-order valence-electron chi connectivity index (χ3n) is 2.27. The molecule has 0 N–H and O–H groups in total. The second-order valence-corrected chi connectivity index (χ2v) is 4.30. The van der Waals surface area contributed by atoms with E-state index >= 15 is 0 Å². The number of halogens is 1. The highest BCUT2D eigenvalue weighted by molar-refractivity contribution is 9.10. The molecule has 6 nitrogen and oxygen atoms in total. The van der Waals surface area contributed by atoms with E-state index in [1.807, 2.05) is 0 Å². The van der Waals surface area contributed by atoms with E-state index in [1.165, 1.54) is 25.3 Å². The van der Waals surface area contributed by atoms with Crippen molar-refractivity contribution in [3.8, 4) is 17.4 Å². The number of hydrogen-bond donors (Lipinski definition) is 0. The van der Waals surface area contributed by atoms with Crippen molar-refractivity contribution in [3.63, 3.8) is 0 Å². The topological polar surface area (TPSA) is 74.5 Å². The van der Waals surface area contributed by atoms with Crippen molar-refractivity contribution in [1.82, 2.24) is 4.98 Å². The molecule has 0 aliphatic carbocycles. The number of nitro benzene ring substituents is 1. The Morgan fingerprint density at radius 3 is 2.74 bits per heavy atom. The van der Waals surface area contributed by atoms with Crippen LogP contribution < -0.4 is 9.47 Å². The fraction of sp³-hybridized carbons (Fsp3) is 0.0833. The summed E-state index contributed by atoms with van der Waals surface area (Å²) in [7, 11) is 1.47. The lowest BCUT2D eigenvalue weighted by atomic mass is 10.3. The molecule has 0 saturated heterocycles. The van der Waals surface area contributed by atoms with E-state index in [0.717, 1.165) is 0 Å². The summed E-state index contributed by atoms with van der Waals surface area (Å²) in [5.41, 5.74) is -0.150. The maximum Gasteiger partial charge on any atom is 0.311 e. The monoisotopic (exact) mass is 324 g/mol. The number of nitrogens with zero attached hydrogens (tertiary/aromatic N) is 2. The predicted octanol–water partition coefficient (Wildman–Crippen LogP) is 3.55. The maximum atomic E-state index is 10.9. The standard InChI is InChI=1S/C12H9BrN2O4/c1-18-8-5-6-9(15(16)17)10(7-8)19-12-4-2-3-11(13)14-12/h2-7H,1H3. The summed E-state index contributed by atoms with van der Waals surface area (Å²) in [6.07, 6.45) is 0. The average Bonchev–Trinajstić information content (AvgIpc) is 2.38. The van der Waals surface area contributed by atoms with E-state index < -0.39 is 4.92 Å². The van der Waals surface area contributed by atoms with Gasteiger partial charge in [-0.15, -0.1) is 0 Å². The molecule has 0 spiro atoms. The molecule has 0 fully saturated rings. The number of aromatic nitrogens is 1. The molecule has 7 heteroatoms. The molecular weight excluding hydrogens is 316 g/mol. The summed E-state index contributed by atoms with van der Waals surface area (Å²) < 4.78 is 11.0. The van der Waals surface area contributed by atoms with Gasteiger partial charge in [0.25, 0.3) is 0 Å². The van der Waals surface area contributed by atoms with Crippen LogP contribution in [-0.4, -0.2) is 17.0 Å². The van der Waals surface area contributed by atoms with Gasteiger partial charge in [-0.1, -0.05) is 6.07 Å². The molecule has 19 heavy (non-hydrogen) atoms. The molecular formula is C12H9BrN2O4. The molecule has 2 aromatic rings. The fourth-order valence-electron chi connectivity index (χ4n) is 1.41. The molecule has 0 atom stereocenters. The Morgan fingerprint density at radius 1 is 1.32 bits per heavy atom. The number of benzene rings is 1. The molecule has 0 saturated carbocycles. The van der Waals surface area contributed by atoms with Gasteiger partial charge in [-0.25, -0.2) is 4.98 Å². The number of hydrogen-bond acceptors (Lipinski definition) is 5. The summed E-state index contributed by atoms with van der Waals surface area (Å²) in [6, 6.07) is 9.32. The highest BCUT2D eigenvalue weighted by Gasteiger charge is 2.17. The third kappa shape index (κ3) is 3.19. The molecule has 1 heterocycles. The van der Waals surface area contributed by atoms with Crippen molar-refractivity contribution in [2.75, 3.05) is 7.11 Å².